The lowest BCUT2D eigenvalue weighted by Crippen LogP contribution is -2.54. The maximum Gasteiger partial charge on any atom is 0.410 e. The molecule has 0 radical (unpaired) electrons. The second kappa shape index (κ2) is 9.79. The quantitative estimate of drug-likeness (QED) is 0.684. The molecule has 0 bridgehead atoms. The summed E-state index contributed by atoms with van der Waals surface area (Å²) in [5, 5.41) is 1.17. The van der Waals surface area contributed by atoms with Gasteiger partial charge in [0.05, 0.1) is 17.0 Å². The van der Waals surface area contributed by atoms with Gasteiger partial charge in [-0.15, -0.1) is 0 Å². The van der Waals surface area contributed by atoms with Gasteiger partial charge in [0.1, 0.15) is 5.60 Å². The third-order valence-electron chi connectivity index (χ3n) is 7.66. The summed E-state index contributed by atoms with van der Waals surface area (Å²) in [6.45, 7) is 8.60. The van der Waals surface area contributed by atoms with Gasteiger partial charge in [-0.25, -0.2) is 4.79 Å². The lowest BCUT2D eigenvalue weighted by Gasteiger charge is -2.39. The summed E-state index contributed by atoms with van der Waals surface area (Å²) in [5.41, 5.74) is 3.75. The van der Waals surface area contributed by atoms with E-state index in [0.29, 0.717) is 44.8 Å². The molecule has 2 fully saturated rings. The van der Waals surface area contributed by atoms with E-state index in [1.54, 1.807) is 4.90 Å². The average molecular weight is 495 g/mol. The van der Waals surface area contributed by atoms with E-state index >= 15 is 0 Å². The van der Waals surface area contributed by atoms with Crippen LogP contribution in [0.3, 0.4) is 0 Å². The van der Waals surface area contributed by atoms with Gasteiger partial charge in [-0.1, -0.05) is 12.1 Å². The molecule has 3 aliphatic rings. The van der Waals surface area contributed by atoms with Gasteiger partial charge in [0.15, 0.2) is 0 Å². The minimum atomic E-state index is -0.536. The molecular weight excluding hydrogens is 456 g/mol. The number of aryl methyl sites for hydroxylation is 2. The number of fused-ring (bicyclic) bond motifs is 3. The Kier molecular flexibility index (Phi) is 6.70. The van der Waals surface area contributed by atoms with Crippen LogP contribution in [-0.4, -0.2) is 82.5 Å². The van der Waals surface area contributed by atoms with Crippen LogP contribution in [0.15, 0.2) is 18.2 Å². The van der Waals surface area contributed by atoms with Crippen LogP contribution >= 0.6 is 0 Å². The van der Waals surface area contributed by atoms with Crippen LogP contribution in [0.1, 0.15) is 68.1 Å². The van der Waals surface area contributed by atoms with Crippen molar-refractivity contribution < 1.29 is 19.1 Å². The van der Waals surface area contributed by atoms with Crippen LogP contribution in [0.2, 0.25) is 0 Å². The average Bonchev–Trinajstić information content (AvgIpc) is 3.26. The highest BCUT2D eigenvalue weighted by Gasteiger charge is 2.35. The van der Waals surface area contributed by atoms with Gasteiger partial charge in [-0.3, -0.25) is 9.59 Å². The third-order valence-corrected chi connectivity index (χ3v) is 7.66. The standard InChI is InChI=1S/C28H38N4O4/c1-28(2,3)36-27(35)31-16-14-30(15-17-31)25(33)19-8-7-13-32(18-19)26(34)22-11-6-10-21-20-9-4-5-12-23(20)29-24(21)22/h6,10-11,19,29H,4-5,7-9,12-18H2,1-3H3/t19-/m0/s1. The van der Waals surface area contributed by atoms with E-state index in [9.17, 15) is 14.4 Å². The summed E-state index contributed by atoms with van der Waals surface area (Å²) in [6.07, 6.45) is 5.76. The van der Waals surface area contributed by atoms with Gasteiger partial charge in [0.2, 0.25) is 5.91 Å². The molecule has 0 spiro atoms. The Morgan fingerprint density at radius 2 is 1.64 bits per heavy atom. The second-order valence-electron chi connectivity index (χ2n) is 11.4. The zero-order valence-electron chi connectivity index (χ0n) is 21.8. The third kappa shape index (κ3) is 4.95. The van der Waals surface area contributed by atoms with E-state index in [2.05, 4.69) is 11.1 Å². The Labute approximate surface area is 212 Å². The summed E-state index contributed by atoms with van der Waals surface area (Å²) >= 11 is 0. The van der Waals surface area contributed by atoms with Crippen LogP contribution in [-0.2, 0) is 22.4 Å². The summed E-state index contributed by atoms with van der Waals surface area (Å²) in [7, 11) is 0. The first-order valence-electron chi connectivity index (χ1n) is 13.4. The number of hydrogen-bond acceptors (Lipinski definition) is 4. The number of carbonyl (C=O) groups is 3. The van der Waals surface area contributed by atoms with Gasteiger partial charge in [-0.05, 0) is 70.9 Å². The summed E-state index contributed by atoms with van der Waals surface area (Å²) in [6, 6.07) is 6.01. The molecule has 8 nitrogen and oxygen atoms in total. The normalized spacial score (nSPS) is 20.9. The highest BCUT2D eigenvalue weighted by molar-refractivity contribution is 6.07. The minimum absolute atomic E-state index is 0.00596. The van der Waals surface area contributed by atoms with Gasteiger partial charge in [0.25, 0.3) is 5.91 Å². The molecule has 3 amide bonds. The molecule has 0 saturated carbocycles. The molecule has 0 unspecified atom stereocenters. The molecule has 194 valence electrons. The minimum Gasteiger partial charge on any atom is -0.444 e. The predicted molar refractivity (Wildman–Crippen MR) is 138 cm³/mol. The highest BCUT2D eigenvalue weighted by Crippen LogP contribution is 2.32. The fourth-order valence-corrected chi connectivity index (χ4v) is 5.84. The molecule has 1 aliphatic carbocycles. The number of aromatic amines is 1. The molecule has 2 aliphatic heterocycles. The number of carbonyl (C=O) groups excluding carboxylic acids is 3. The predicted octanol–water partition coefficient (Wildman–Crippen LogP) is 3.98. The maximum atomic E-state index is 13.6. The first-order chi connectivity index (χ1) is 17.2. The summed E-state index contributed by atoms with van der Waals surface area (Å²) in [4.78, 5) is 48.3. The first-order valence-corrected chi connectivity index (χ1v) is 13.4. The van der Waals surface area contributed by atoms with Gasteiger partial charge in [-0.2, -0.15) is 0 Å². The summed E-state index contributed by atoms with van der Waals surface area (Å²) < 4.78 is 5.47. The van der Waals surface area contributed by atoms with Crippen molar-refractivity contribution >= 4 is 28.8 Å². The Hall–Kier alpha value is -3.03. The van der Waals surface area contributed by atoms with Crippen molar-refractivity contribution in [1.82, 2.24) is 19.7 Å². The number of likely N-dealkylation sites (tertiary alicyclic amines) is 1. The maximum absolute atomic E-state index is 13.6. The fraction of sp³-hybridized carbons (Fsp3) is 0.607. The first kappa shape index (κ1) is 24.7. The Morgan fingerprint density at radius 3 is 2.39 bits per heavy atom. The van der Waals surface area contributed by atoms with E-state index in [4.69, 9.17) is 4.74 Å². The van der Waals surface area contributed by atoms with E-state index in [1.807, 2.05) is 42.7 Å². The van der Waals surface area contributed by atoms with Crippen molar-refractivity contribution in [1.29, 1.82) is 0 Å². The SMILES string of the molecule is CC(C)(C)OC(=O)N1CCN(C(=O)[C@H]2CCCN(C(=O)c3cccc4c5c([nH]c34)CCCC5)C2)CC1. The van der Waals surface area contributed by atoms with E-state index in [1.165, 1.54) is 29.5 Å². The number of benzene rings is 1. The molecule has 1 N–H and O–H groups in total. The van der Waals surface area contributed by atoms with Crippen molar-refractivity contribution in [2.45, 2.75) is 64.9 Å². The van der Waals surface area contributed by atoms with E-state index in [0.717, 1.165) is 31.2 Å². The smallest absolute Gasteiger partial charge is 0.410 e. The Balaban J connectivity index is 1.23. The van der Waals surface area contributed by atoms with Gasteiger partial charge >= 0.3 is 6.09 Å². The molecule has 8 heteroatoms. The number of nitrogens with zero attached hydrogens (tertiary/aromatic N) is 3. The molecule has 1 atom stereocenters. The number of rotatable bonds is 2. The largest absolute Gasteiger partial charge is 0.444 e. The van der Waals surface area contributed by atoms with Crippen LogP contribution in [0.5, 0.6) is 0 Å². The second-order valence-corrected chi connectivity index (χ2v) is 11.4. The number of aromatic nitrogens is 1. The molecule has 1 aromatic carbocycles. The lowest BCUT2D eigenvalue weighted by atomic mass is 9.94. The van der Waals surface area contributed by atoms with Crippen molar-refractivity contribution in [2.75, 3.05) is 39.3 Å². The number of ether oxygens (including phenoxy) is 1. The fourth-order valence-electron chi connectivity index (χ4n) is 5.84. The van der Waals surface area contributed by atoms with Gasteiger partial charge < -0.3 is 24.4 Å². The number of amides is 3. The lowest BCUT2D eigenvalue weighted by molar-refractivity contribution is -0.138. The van der Waals surface area contributed by atoms with Gasteiger partial charge in [0, 0.05) is 50.3 Å². The van der Waals surface area contributed by atoms with Crippen molar-refractivity contribution in [3.05, 3.63) is 35.0 Å². The van der Waals surface area contributed by atoms with Crippen molar-refractivity contribution in [3.8, 4) is 0 Å². The molecule has 5 rings (SSSR count). The Bertz CT molecular complexity index is 1160. The number of nitrogens with one attached hydrogen (secondary N) is 1. The monoisotopic (exact) mass is 494 g/mol. The zero-order valence-corrected chi connectivity index (χ0v) is 21.8. The molecular formula is C28H38N4O4. The number of para-hydroxylation sites is 1. The van der Waals surface area contributed by atoms with Crippen LogP contribution in [0.25, 0.3) is 10.9 Å². The summed E-state index contributed by atoms with van der Waals surface area (Å²) in [5.74, 6) is -0.108. The zero-order chi connectivity index (χ0) is 25.4. The van der Waals surface area contributed by atoms with Crippen LogP contribution in [0, 0.1) is 5.92 Å². The number of H-pyrrole nitrogens is 1. The number of hydrogen-bond donors (Lipinski definition) is 1. The Morgan fingerprint density at radius 1 is 0.917 bits per heavy atom. The number of piperidine rings is 1. The highest BCUT2D eigenvalue weighted by atomic mass is 16.6. The molecule has 2 aromatic rings. The molecule has 36 heavy (non-hydrogen) atoms. The van der Waals surface area contributed by atoms with Crippen molar-refractivity contribution in [3.63, 3.8) is 0 Å². The topological polar surface area (TPSA) is 85.9 Å². The number of piperazine rings is 1. The van der Waals surface area contributed by atoms with Crippen molar-refractivity contribution in [2.24, 2.45) is 5.92 Å². The van der Waals surface area contributed by atoms with E-state index in [-0.39, 0.29) is 23.8 Å². The molecule has 2 saturated heterocycles. The van der Waals surface area contributed by atoms with Crippen LogP contribution in [0.4, 0.5) is 4.79 Å². The van der Waals surface area contributed by atoms with Crippen LogP contribution < -0.4 is 0 Å². The molecule has 1 aromatic heterocycles. The molecule has 3 heterocycles. The van der Waals surface area contributed by atoms with E-state index < -0.39 is 5.60 Å².